The van der Waals surface area contributed by atoms with Crippen LogP contribution in [-0.2, 0) is 19.2 Å². The first-order chi connectivity index (χ1) is 13.4. The lowest BCUT2D eigenvalue weighted by atomic mass is 10.1. The third-order valence-corrected chi connectivity index (χ3v) is 4.30. The molecule has 146 valence electrons. The lowest BCUT2D eigenvalue weighted by Gasteiger charge is -2.20. The van der Waals surface area contributed by atoms with Crippen LogP contribution in [-0.4, -0.2) is 17.0 Å². The molecule has 0 unspecified atom stereocenters. The van der Waals surface area contributed by atoms with Crippen LogP contribution in [0.4, 0.5) is 24.8 Å². The van der Waals surface area contributed by atoms with E-state index in [-0.39, 0.29) is 12.6 Å². The van der Waals surface area contributed by atoms with Crippen molar-refractivity contribution in [2.45, 2.75) is 26.1 Å². The predicted molar refractivity (Wildman–Crippen MR) is 102 cm³/mol. The summed E-state index contributed by atoms with van der Waals surface area (Å²) in [7, 11) is 1.70. The van der Waals surface area contributed by atoms with Crippen molar-refractivity contribution in [2.75, 3.05) is 11.9 Å². The van der Waals surface area contributed by atoms with Crippen molar-refractivity contribution >= 4 is 11.6 Å². The zero-order valence-corrected chi connectivity index (χ0v) is 15.6. The lowest BCUT2D eigenvalue weighted by molar-refractivity contribution is -0.139. The van der Waals surface area contributed by atoms with E-state index in [1.807, 2.05) is 37.3 Å². The van der Waals surface area contributed by atoms with Gasteiger partial charge in [0.2, 0.25) is 11.8 Å². The minimum absolute atomic E-state index is 0.0186. The van der Waals surface area contributed by atoms with E-state index in [2.05, 4.69) is 9.97 Å². The molecule has 0 aliphatic rings. The number of nitrogens with zero attached hydrogens (tertiary/aromatic N) is 3. The largest absolute Gasteiger partial charge is 0.472 e. The minimum atomic E-state index is -4.61. The Morgan fingerprint density at radius 1 is 0.964 bits per heavy atom. The average Bonchev–Trinajstić information content (AvgIpc) is 2.71. The Bertz CT molecular complexity index is 912. The number of halogens is 3. The molecular weight excluding hydrogens is 367 g/mol. The molecule has 7 heteroatoms. The first kappa shape index (κ1) is 19.7. The summed E-state index contributed by atoms with van der Waals surface area (Å²) >= 11 is 0. The van der Waals surface area contributed by atoms with Crippen LogP contribution < -0.4 is 9.64 Å². The van der Waals surface area contributed by atoms with Crippen molar-refractivity contribution in [3.8, 4) is 5.88 Å². The number of hydrogen-bond donors (Lipinski definition) is 0. The van der Waals surface area contributed by atoms with Crippen LogP contribution in [0.25, 0.3) is 0 Å². The molecule has 0 amide bonds. The molecule has 0 aliphatic heterocycles. The van der Waals surface area contributed by atoms with E-state index in [1.165, 1.54) is 0 Å². The molecule has 0 radical (unpaired) electrons. The molecule has 3 aromatic rings. The van der Waals surface area contributed by atoms with E-state index in [4.69, 9.17) is 4.74 Å². The summed E-state index contributed by atoms with van der Waals surface area (Å²) in [5.74, 6) is -0.362. The molecule has 1 aromatic heterocycles. The summed E-state index contributed by atoms with van der Waals surface area (Å²) in [6.45, 7) is 2.03. The summed E-state index contributed by atoms with van der Waals surface area (Å²) in [6, 6.07) is 16.6. The number of anilines is 2. The van der Waals surface area contributed by atoms with Gasteiger partial charge in [0.15, 0.2) is 0 Å². The van der Waals surface area contributed by atoms with E-state index < -0.39 is 17.6 Å². The summed E-state index contributed by atoms with van der Waals surface area (Å²) in [5.41, 5.74) is 1.68. The topological polar surface area (TPSA) is 38.2 Å². The summed E-state index contributed by atoms with van der Waals surface area (Å²) in [4.78, 5) is 9.56. The van der Waals surface area contributed by atoms with Gasteiger partial charge in [-0.15, -0.1) is 0 Å². The fraction of sp³-hybridized carbons (Fsp3) is 0.238. The number of alkyl halides is 3. The summed E-state index contributed by atoms with van der Waals surface area (Å²) in [5, 5.41) is 0. The van der Waals surface area contributed by atoms with E-state index in [0.29, 0.717) is 0 Å². The number of benzene rings is 2. The van der Waals surface area contributed by atoms with E-state index in [0.717, 1.165) is 29.4 Å². The summed E-state index contributed by atoms with van der Waals surface area (Å²) in [6.07, 6.45) is -2.94. The van der Waals surface area contributed by atoms with Crippen molar-refractivity contribution in [3.05, 3.63) is 77.5 Å². The quantitative estimate of drug-likeness (QED) is 0.567. The highest BCUT2D eigenvalue weighted by molar-refractivity contribution is 5.57. The molecule has 0 bridgehead atoms. The monoisotopic (exact) mass is 387 g/mol. The smallest absolute Gasteiger partial charge is 0.423 e. The van der Waals surface area contributed by atoms with Gasteiger partial charge in [0.05, 0.1) is 0 Å². The van der Waals surface area contributed by atoms with Gasteiger partial charge in [-0.05, 0) is 29.7 Å². The number of rotatable bonds is 6. The number of ether oxygens (including phenoxy) is 1. The van der Waals surface area contributed by atoms with E-state index in [1.54, 1.807) is 36.2 Å². The van der Waals surface area contributed by atoms with Gasteiger partial charge in [0.1, 0.15) is 12.2 Å². The summed E-state index contributed by atoms with van der Waals surface area (Å²) < 4.78 is 45.4. The molecule has 0 saturated carbocycles. The Kier molecular flexibility index (Phi) is 5.82. The van der Waals surface area contributed by atoms with Crippen molar-refractivity contribution in [2.24, 2.45) is 0 Å². The van der Waals surface area contributed by atoms with Crippen LogP contribution in [0.15, 0.2) is 60.8 Å². The second-order valence-electron chi connectivity index (χ2n) is 6.24. The van der Waals surface area contributed by atoms with Crippen LogP contribution >= 0.6 is 0 Å². The minimum Gasteiger partial charge on any atom is -0.472 e. The number of aryl methyl sites for hydroxylation is 1. The molecule has 4 nitrogen and oxygen atoms in total. The zero-order valence-electron chi connectivity index (χ0n) is 15.6. The molecule has 0 atom stereocenters. The third kappa shape index (κ3) is 4.60. The van der Waals surface area contributed by atoms with Gasteiger partial charge in [0.25, 0.3) is 0 Å². The Morgan fingerprint density at radius 3 is 2.25 bits per heavy atom. The standard InChI is InChI=1S/C21H20F3N3O/c1-3-15-9-11-17(12-10-15)27(2)20-25-13-18(21(22,23)24)19(26-20)28-14-16-7-5-4-6-8-16/h4-13H,3,14H2,1-2H3. The van der Waals surface area contributed by atoms with Gasteiger partial charge >= 0.3 is 6.18 Å². The zero-order chi connectivity index (χ0) is 20.1. The molecular formula is C21H20F3N3O. The maximum atomic E-state index is 13.3. The second-order valence-corrected chi connectivity index (χ2v) is 6.24. The fourth-order valence-electron chi connectivity index (χ4n) is 2.62. The number of hydrogen-bond acceptors (Lipinski definition) is 4. The van der Waals surface area contributed by atoms with Crippen LogP contribution in [0.3, 0.4) is 0 Å². The van der Waals surface area contributed by atoms with Crippen LogP contribution in [0, 0.1) is 0 Å². The maximum Gasteiger partial charge on any atom is 0.423 e. The first-order valence-corrected chi connectivity index (χ1v) is 8.82. The van der Waals surface area contributed by atoms with Gasteiger partial charge in [-0.25, -0.2) is 4.98 Å². The highest BCUT2D eigenvalue weighted by atomic mass is 19.4. The molecule has 28 heavy (non-hydrogen) atoms. The highest BCUT2D eigenvalue weighted by Crippen LogP contribution is 2.36. The SMILES string of the molecule is CCc1ccc(N(C)c2ncc(C(F)(F)F)c(OCc3ccccc3)n2)cc1. The van der Waals surface area contributed by atoms with Gasteiger partial charge in [-0.1, -0.05) is 49.4 Å². The van der Waals surface area contributed by atoms with Crippen LogP contribution in [0.2, 0.25) is 0 Å². The fourth-order valence-corrected chi connectivity index (χ4v) is 2.62. The molecule has 0 spiro atoms. The Hall–Kier alpha value is -3.09. The molecule has 0 aliphatic carbocycles. The second kappa shape index (κ2) is 8.29. The molecule has 0 N–H and O–H groups in total. The Morgan fingerprint density at radius 2 is 1.64 bits per heavy atom. The first-order valence-electron chi connectivity index (χ1n) is 8.82. The molecule has 1 heterocycles. The van der Waals surface area contributed by atoms with E-state index >= 15 is 0 Å². The van der Waals surface area contributed by atoms with Crippen molar-refractivity contribution in [1.29, 1.82) is 0 Å². The van der Waals surface area contributed by atoms with Crippen LogP contribution in [0.1, 0.15) is 23.6 Å². The van der Waals surface area contributed by atoms with E-state index in [9.17, 15) is 13.2 Å². The van der Waals surface area contributed by atoms with Gasteiger partial charge in [0, 0.05) is 18.9 Å². The highest BCUT2D eigenvalue weighted by Gasteiger charge is 2.36. The van der Waals surface area contributed by atoms with Crippen LogP contribution in [0.5, 0.6) is 5.88 Å². The van der Waals surface area contributed by atoms with Gasteiger partial charge in [-0.3, -0.25) is 0 Å². The normalized spacial score (nSPS) is 11.3. The lowest BCUT2D eigenvalue weighted by Crippen LogP contribution is -2.17. The predicted octanol–water partition coefficient (Wildman–Crippen LogP) is 5.40. The molecule has 3 rings (SSSR count). The van der Waals surface area contributed by atoms with Crippen molar-refractivity contribution in [3.63, 3.8) is 0 Å². The molecule has 0 fully saturated rings. The van der Waals surface area contributed by atoms with Crippen molar-refractivity contribution < 1.29 is 17.9 Å². The average molecular weight is 387 g/mol. The Balaban J connectivity index is 1.89. The Labute approximate surface area is 161 Å². The maximum absolute atomic E-state index is 13.3. The molecule has 0 saturated heterocycles. The van der Waals surface area contributed by atoms with Crippen molar-refractivity contribution in [1.82, 2.24) is 9.97 Å². The number of aromatic nitrogens is 2. The molecule has 2 aromatic carbocycles. The third-order valence-electron chi connectivity index (χ3n) is 4.30. The van der Waals surface area contributed by atoms with Gasteiger partial charge in [-0.2, -0.15) is 18.2 Å². The van der Waals surface area contributed by atoms with Gasteiger partial charge < -0.3 is 9.64 Å².